The number of morpholine rings is 1. The van der Waals surface area contributed by atoms with E-state index in [0.29, 0.717) is 51.3 Å². The van der Waals surface area contributed by atoms with Crippen molar-refractivity contribution in [2.75, 3.05) is 33.4 Å². The monoisotopic (exact) mass is 791 g/mol. The van der Waals surface area contributed by atoms with E-state index in [9.17, 15) is 29.4 Å². The third-order valence-electron chi connectivity index (χ3n) is 12.0. The van der Waals surface area contributed by atoms with Gasteiger partial charge >= 0.3 is 0 Å². The fourth-order valence-electron chi connectivity index (χ4n) is 8.46. The summed E-state index contributed by atoms with van der Waals surface area (Å²) >= 11 is 1.39. The van der Waals surface area contributed by atoms with Crippen molar-refractivity contribution in [3.63, 3.8) is 0 Å². The number of nitrogens with one attached hydrogen (secondary N) is 3. The number of rotatable bonds is 19. The molecule has 5 rings (SSSR count). The van der Waals surface area contributed by atoms with E-state index < -0.39 is 47.4 Å². The SMILES string of the molecule is CCC(O)(CC)C(CC(O)C(CC1CCCCC1)NC(=O)[C@H](Cc1cscn1)NC(=O)C(CC(=O)N1CCOCC1)Cc1cccc2ccccc12)C(=O)NC. The summed E-state index contributed by atoms with van der Waals surface area (Å²) in [6, 6.07) is 12.1. The number of carbonyl (C=O) groups is 4. The van der Waals surface area contributed by atoms with Gasteiger partial charge in [0.2, 0.25) is 23.6 Å². The van der Waals surface area contributed by atoms with Gasteiger partial charge < -0.3 is 35.8 Å². The first-order valence-corrected chi connectivity index (χ1v) is 21.4. The maximum absolute atomic E-state index is 14.5. The zero-order valence-corrected chi connectivity index (χ0v) is 34.0. The van der Waals surface area contributed by atoms with Gasteiger partial charge in [0.15, 0.2) is 0 Å². The Labute approximate surface area is 335 Å². The van der Waals surface area contributed by atoms with Gasteiger partial charge in [-0.25, -0.2) is 4.98 Å². The molecule has 1 saturated heterocycles. The van der Waals surface area contributed by atoms with Crippen molar-refractivity contribution in [2.45, 2.75) is 115 Å². The van der Waals surface area contributed by atoms with Crippen LogP contribution < -0.4 is 16.0 Å². The van der Waals surface area contributed by atoms with Crippen molar-refractivity contribution in [1.82, 2.24) is 25.8 Å². The molecular formula is C43H61N5O7S. The number of aromatic nitrogens is 1. The molecule has 0 radical (unpaired) electrons. The van der Waals surface area contributed by atoms with E-state index in [0.717, 1.165) is 48.4 Å². The van der Waals surface area contributed by atoms with Crippen LogP contribution in [0, 0.1) is 17.8 Å². The second kappa shape index (κ2) is 21.0. The molecule has 3 aromatic rings. The van der Waals surface area contributed by atoms with Crippen LogP contribution in [0.5, 0.6) is 0 Å². The van der Waals surface area contributed by atoms with Crippen LogP contribution in [0.3, 0.4) is 0 Å². The van der Waals surface area contributed by atoms with E-state index in [1.807, 2.05) is 61.7 Å². The number of fused-ring (bicyclic) bond motifs is 1. The molecule has 2 fully saturated rings. The third-order valence-corrected chi connectivity index (χ3v) is 12.7. The summed E-state index contributed by atoms with van der Waals surface area (Å²) in [5, 5.41) is 36.0. The molecule has 1 aromatic heterocycles. The molecule has 306 valence electrons. The lowest BCUT2D eigenvalue weighted by Crippen LogP contribution is -2.56. The van der Waals surface area contributed by atoms with Gasteiger partial charge in [0.05, 0.1) is 54.0 Å². The van der Waals surface area contributed by atoms with E-state index in [-0.39, 0.29) is 43.4 Å². The maximum Gasteiger partial charge on any atom is 0.243 e. The summed E-state index contributed by atoms with van der Waals surface area (Å²) in [7, 11) is 1.52. The summed E-state index contributed by atoms with van der Waals surface area (Å²) in [6.07, 6.45) is 5.53. The van der Waals surface area contributed by atoms with E-state index in [1.54, 1.807) is 10.4 Å². The van der Waals surface area contributed by atoms with E-state index in [1.165, 1.54) is 18.4 Å². The fraction of sp³-hybridized carbons (Fsp3) is 0.605. The highest BCUT2D eigenvalue weighted by molar-refractivity contribution is 7.07. The standard InChI is InChI=1S/C43H61N5O7S/c1-4-43(54,5-2)35(41(52)44-3)26-38(49)36(22-29-12-7-6-8-13-29)46-42(53)37(25-33-27-56-28-45-33)47-40(51)32(24-39(50)48-18-20-55-21-19-48)23-31-16-11-15-30-14-9-10-17-34(30)31/h9-11,14-17,27-29,32,35-38,49,54H,4-8,12-13,18-26H2,1-3H3,(H,44,52)(H,46,53)(H,47,51)/t32?,35?,36?,37-,38?/m0/s1. The molecule has 5 N–H and O–H groups in total. The number of benzene rings is 2. The molecule has 4 unspecified atom stereocenters. The van der Waals surface area contributed by atoms with Gasteiger partial charge in [0, 0.05) is 38.4 Å². The van der Waals surface area contributed by atoms with Crippen LogP contribution in [0.4, 0.5) is 0 Å². The summed E-state index contributed by atoms with van der Waals surface area (Å²) < 4.78 is 5.46. The van der Waals surface area contributed by atoms with Crippen LogP contribution in [-0.2, 0) is 36.8 Å². The molecule has 1 aliphatic carbocycles. The maximum atomic E-state index is 14.5. The molecule has 0 spiro atoms. The van der Waals surface area contributed by atoms with Gasteiger partial charge in [-0.2, -0.15) is 0 Å². The lowest BCUT2D eigenvalue weighted by molar-refractivity contribution is -0.140. The molecule has 2 aliphatic rings. The normalized spacial score (nSPS) is 18.1. The van der Waals surface area contributed by atoms with E-state index in [2.05, 4.69) is 20.9 Å². The molecule has 4 amide bonds. The van der Waals surface area contributed by atoms with Gasteiger partial charge in [0.25, 0.3) is 0 Å². The minimum Gasteiger partial charge on any atom is -0.391 e. The van der Waals surface area contributed by atoms with Crippen LogP contribution in [0.25, 0.3) is 10.8 Å². The summed E-state index contributed by atoms with van der Waals surface area (Å²) in [4.78, 5) is 61.9. The van der Waals surface area contributed by atoms with E-state index >= 15 is 0 Å². The highest BCUT2D eigenvalue weighted by Gasteiger charge is 2.42. The number of ether oxygens (including phenoxy) is 1. The second-order valence-corrected chi connectivity index (χ2v) is 16.3. The molecule has 0 bridgehead atoms. The highest BCUT2D eigenvalue weighted by atomic mass is 32.1. The Morgan fingerprint density at radius 3 is 2.34 bits per heavy atom. The minimum atomic E-state index is -1.33. The quantitative estimate of drug-likeness (QED) is 0.118. The summed E-state index contributed by atoms with van der Waals surface area (Å²) in [6.45, 7) is 5.43. The predicted octanol–water partition coefficient (Wildman–Crippen LogP) is 4.55. The number of aliphatic hydroxyl groups is 2. The Hall–Kier alpha value is -3.91. The van der Waals surface area contributed by atoms with Crippen LogP contribution in [-0.4, -0.2) is 101 Å². The van der Waals surface area contributed by atoms with Crippen molar-refractivity contribution in [2.24, 2.45) is 17.8 Å². The Kier molecular flexibility index (Phi) is 16.2. The van der Waals surface area contributed by atoms with Crippen molar-refractivity contribution in [3.8, 4) is 0 Å². The average molecular weight is 792 g/mol. The van der Waals surface area contributed by atoms with Gasteiger partial charge in [-0.1, -0.05) is 88.4 Å². The van der Waals surface area contributed by atoms with Gasteiger partial charge in [-0.05, 0) is 54.4 Å². The van der Waals surface area contributed by atoms with Crippen molar-refractivity contribution in [1.29, 1.82) is 0 Å². The van der Waals surface area contributed by atoms with Crippen LogP contribution >= 0.6 is 11.3 Å². The second-order valence-electron chi connectivity index (χ2n) is 15.6. The molecule has 1 saturated carbocycles. The zero-order valence-electron chi connectivity index (χ0n) is 33.2. The number of carbonyl (C=O) groups excluding carboxylic acids is 4. The van der Waals surface area contributed by atoms with Crippen LogP contribution in [0.15, 0.2) is 53.4 Å². The average Bonchev–Trinajstić information content (AvgIpc) is 3.75. The molecule has 2 heterocycles. The lowest BCUT2D eigenvalue weighted by Gasteiger charge is -2.37. The number of nitrogens with zero attached hydrogens (tertiary/aromatic N) is 2. The molecule has 56 heavy (non-hydrogen) atoms. The molecule has 13 heteroatoms. The van der Waals surface area contributed by atoms with Crippen molar-refractivity contribution < 1.29 is 34.1 Å². The number of aliphatic hydroxyl groups excluding tert-OH is 1. The first-order valence-electron chi connectivity index (χ1n) is 20.5. The minimum absolute atomic E-state index is 0.0399. The van der Waals surface area contributed by atoms with Gasteiger partial charge in [-0.3, -0.25) is 19.2 Å². The Bertz CT molecular complexity index is 1720. The first-order chi connectivity index (χ1) is 27.0. The molecule has 2 aromatic carbocycles. The zero-order chi connectivity index (χ0) is 40.1. The molecular weight excluding hydrogens is 731 g/mol. The lowest BCUT2D eigenvalue weighted by atomic mass is 9.76. The number of thiazole rings is 1. The first kappa shape index (κ1) is 43.2. The number of amides is 4. The largest absolute Gasteiger partial charge is 0.391 e. The summed E-state index contributed by atoms with van der Waals surface area (Å²) in [5.41, 5.74) is 1.90. The molecule has 12 nitrogen and oxygen atoms in total. The van der Waals surface area contributed by atoms with Gasteiger partial charge in [0.1, 0.15) is 6.04 Å². The highest BCUT2D eigenvalue weighted by Crippen LogP contribution is 2.33. The molecule has 5 atom stereocenters. The third kappa shape index (κ3) is 11.6. The molecule has 1 aliphatic heterocycles. The van der Waals surface area contributed by atoms with E-state index in [4.69, 9.17) is 4.74 Å². The Morgan fingerprint density at radius 1 is 0.946 bits per heavy atom. The smallest absolute Gasteiger partial charge is 0.243 e. The van der Waals surface area contributed by atoms with Crippen LogP contribution in [0.2, 0.25) is 0 Å². The Balaban J connectivity index is 1.42. The van der Waals surface area contributed by atoms with Crippen LogP contribution in [0.1, 0.15) is 89.3 Å². The number of hydrogen-bond donors (Lipinski definition) is 5. The fourth-order valence-corrected chi connectivity index (χ4v) is 9.03. The Morgan fingerprint density at radius 2 is 1.66 bits per heavy atom. The predicted molar refractivity (Wildman–Crippen MR) is 218 cm³/mol. The van der Waals surface area contributed by atoms with Crippen molar-refractivity contribution >= 4 is 45.7 Å². The number of hydrogen-bond acceptors (Lipinski definition) is 9. The topological polar surface area (TPSA) is 170 Å². The van der Waals surface area contributed by atoms with Crippen molar-refractivity contribution in [3.05, 3.63) is 64.6 Å². The van der Waals surface area contributed by atoms with Gasteiger partial charge in [-0.15, -0.1) is 11.3 Å². The summed E-state index contributed by atoms with van der Waals surface area (Å²) in [5.74, 6) is -2.82.